The highest BCUT2D eigenvalue weighted by Crippen LogP contribution is 2.22. The number of rotatable bonds is 3. The van der Waals surface area contributed by atoms with E-state index in [4.69, 9.17) is 0 Å². The number of pyridine rings is 1. The number of amides is 1. The van der Waals surface area contributed by atoms with Crippen LogP contribution in [0.25, 0.3) is 5.57 Å². The number of halogens is 2. The lowest BCUT2D eigenvalue weighted by Gasteiger charge is -2.12. The molecule has 6 heteroatoms. The molecule has 0 saturated heterocycles. The third-order valence-corrected chi connectivity index (χ3v) is 3.80. The molecular formula is C18H15F2N3O. The molecule has 1 N–H and O–H groups in total. The summed E-state index contributed by atoms with van der Waals surface area (Å²) in [7, 11) is 0. The predicted octanol–water partition coefficient (Wildman–Crippen LogP) is 3.86. The van der Waals surface area contributed by atoms with Crippen molar-refractivity contribution < 1.29 is 13.6 Å². The maximum Gasteiger partial charge on any atom is 0.262 e. The molecule has 1 aliphatic heterocycles. The highest BCUT2D eigenvalue weighted by atomic mass is 19.1. The van der Waals surface area contributed by atoms with Gasteiger partial charge < -0.3 is 5.32 Å². The molecule has 24 heavy (non-hydrogen) atoms. The van der Waals surface area contributed by atoms with Crippen molar-refractivity contribution in [3.63, 3.8) is 0 Å². The van der Waals surface area contributed by atoms with Crippen LogP contribution in [0.2, 0.25) is 0 Å². The van der Waals surface area contributed by atoms with Gasteiger partial charge in [-0.3, -0.25) is 9.79 Å². The zero-order chi connectivity index (χ0) is 17.1. The molecule has 2 heterocycles. The van der Waals surface area contributed by atoms with Gasteiger partial charge in [-0.25, -0.2) is 13.8 Å². The van der Waals surface area contributed by atoms with E-state index in [1.807, 2.05) is 13.1 Å². The van der Waals surface area contributed by atoms with E-state index in [2.05, 4.69) is 15.3 Å². The molecule has 4 nitrogen and oxygen atoms in total. The third kappa shape index (κ3) is 3.22. The van der Waals surface area contributed by atoms with Crippen LogP contribution < -0.4 is 5.32 Å². The van der Waals surface area contributed by atoms with E-state index in [-0.39, 0.29) is 5.82 Å². The van der Waals surface area contributed by atoms with Crippen LogP contribution >= 0.6 is 0 Å². The van der Waals surface area contributed by atoms with E-state index in [1.165, 1.54) is 11.6 Å². The Morgan fingerprint density at radius 1 is 1.17 bits per heavy atom. The summed E-state index contributed by atoms with van der Waals surface area (Å²) in [5, 5.41) is 2.40. The molecule has 0 spiro atoms. The van der Waals surface area contributed by atoms with Gasteiger partial charge in [0.05, 0.1) is 0 Å². The average molecular weight is 327 g/mol. The van der Waals surface area contributed by atoms with E-state index in [0.29, 0.717) is 0 Å². The first-order valence-corrected chi connectivity index (χ1v) is 7.47. The highest BCUT2D eigenvalue weighted by molar-refractivity contribution is 6.11. The normalized spacial score (nSPS) is 14.0. The SMILES string of the molecule is CC1=C(c2ccc(NC(=O)c3c(F)cccc3F)nc2)C=NCC1. The average Bonchev–Trinajstić information content (AvgIpc) is 2.56. The Hall–Kier alpha value is -2.89. The Kier molecular flexibility index (Phi) is 4.46. The van der Waals surface area contributed by atoms with Gasteiger partial charge >= 0.3 is 0 Å². The van der Waals surface area contributed by atoms with Gasteiger partial charge in [-0.1, -0.05) is 11.6 Å². The zero-order valence-electron chi connectivity index (χ0n) is 13.0. The summed E-state index contributed by atoms with van der Waals surface area (Å²) in [5.41, 5.74) is 2.48. The topological polar surface area (TPSA) is 54.4 Å². The van der Waals surface area contributed by atoms with E-state index < -0.39 is 23.1 Å². The van der Waals surface area contributed by atoms with Gasteiger partial charge in [0, 0.05) is 30.1 Å². The zero-order valence-corrected chi connectivity index (χ0v) is 13.0. The van der Waals surface area contributed by atoms with Crippen molar-refractivity contribution in [2.24, 2.45) is 4.99 Å². The number of aliphatic imine (C=N–C) groups is 1. The van der Waals surface area contributed by atoms with Gasteiger partial charge in [0.25, 0.3) is 5.91 Å². The molecule has 1 aromatic carbocycles. The first-order valence-electron chi connectivity index (χ1n) is 7.47. The lowest BCUT2D eigenvalue weighted by Crippen LogP contribution is -2.16. The maximum absolute atomic E-state index is 13.6. The molecule has 0 fully saturated rings. The fourth-order valence-corrected chi connectivity index (χ4v) is 2.47. The Bertz CT molecular complexity index is 822. The molecule has 0 aliphatic carbocycles. The third-order valence-electron chi connectivity index (χ3n) is 3.80. The summed E-state index contributed by atoms with van der Waals surface area (Å²) in [6.45, 7) is 2.82. The summed E-state index contributed by atoms with van der Waals surface area (Å²) in [6, 6.07) is 6.65. The molecule has 3 rings (SSSR count). The lowest BCUT2D eigenvalue weighted by molar-refractivity contribution is 0.101. The van der Waals surface area contributed by atoms with E-state index in [0.717, 1.165) is 36.2 Å². The molecule has 0 bridgehead atoms. The number of dihydropyridines is 1. The van der Waals surface area contributed by atoms with Crippen molar-refractivity contribution in [1.29, 1.82) is 0 Å². The van der Waals surface area contributed by atoms with Crippen LogP contribution in [0, 0.1) is 11.6 Å². The number of hydrogen-bond donors (Lipinski definition) is 1. The second-order valence-electron chi connectivity index (χ2n) is 5.46. The summed E-state index contributed by atoms with van der Waals surface area (Å²) in [5.74, 6) is -2.48. The smallest absolute Gasteiger partial charge is 0.262 e. The van der Waals surface area contributed by atoms with Crippen LogP contribution in [-0.4, -0.2) is 23.7 Å². The van der Waals surface area contributed by atoms with Crippen molar-refractivity contribution in [2.45, 2.75) is 13.3 Å². The van der Waals surface area contributed by atoms with Gasteiger partial charge in [0.2, 0.25) is 0 Å². The van der Waals surface area contributed by atoms with Crippen LogP contribution in [0.4, 0.5) is 14.6 Å². The molecule has 1 amide bonds. The number of nitrogens with zero attached hydrogens (tertiary/aromatic N) is 2. The van der Waals surface area contributed by atoms with E-state index >= 15 is 0 Å². The number of nitrogens with one attached hydrogen (secondary N) is 1. The van der Waals surface area contributed by atoms with Gasteiger partial charge in [0.1, 0.15) is 23.0 Å². The molecular weight excluding hydrogens is 312 g/mol. The first-order chi connectivity index (χ1) is 11.6. The second kappa shape index (κ2) is 6.70. The van der Waals surface area contributed by atoms with Gasteiger partial charge in [-0.05, 0) is 37.6 Å². The summed E-state index contributed by atoms with van der Waals surface area (Å²) >= 11 is 0. The minimum Gasteiger partial charge on any atom is -0.306 e. The fraction of sp³-hybridized carbons (Fsp3) is 0.167. The predicted molar refractivity (Wildman–Crippen MR) is 89.1 cm³/mol. The van der Waals surface area contributed by atoms with Crippen molar-refractivity contribution in [3.8, 4) is 0 Å². The van der Waals surface area contributed by atoms with Crippen LogP contribution in [0.1, 0.15) is 29.3 Å². The van der Waals surface area contributed by atoms with Gasteiger partial charge in [-0.2, -0.15) is 0 Å². The minimum atomic E-state index is -0.914. The number of allylic oxidation sites excluding steroid dienone is 1. The monoisotopic (exact) mass is 327 g/mol. The van der Waals surface area contributed by atoms with Crippen LogP contribution in [0.3, 0.4) is 0 Å². The van der Waals surface area contributed by atoms with E-state index in [1.54, 1.807) is 18.3 Å². The van der Waals surface area contributed by atoms with Crippen molar-refractivity contribution in [1.82, 2.24) is 4.98 Å². The number of anilines is 1. The first kappa shape index (κ1) is 16.0. The van der Waals surface area contributed by atoms with Crippen LogP contribution in [0.15, 0.2) is 47.1 Å². The van der Waals surface area contributed by atoms with Crippen molar-refractivity contribution in [2.75, 3.05) is 11.9 Å². The number of carbonyl (C=O) groups is 1. The lowest BCUT2D eigenvalue weighted by atomic mass is 9.99. The Morgan fingerprint density at radius 2 is 1.92 bits per heavy atom. The number of benzene rings is 1. The summed E-state index contributed by atoms with van der Waals surface area (Å²) in [4.78, 5) is 20.4. The van der Waals surface area contributed by atoms with Crippen molar-refractivity contribution in [3.05, 3.63) is 64.9 Å². The maximum atomic E-state index is 13.6. The van der Waals surface area contributed by atoms with E-state index in [9.17, 15) is 13.6 Å². The Labute approximate surface area is 138 Å². The second-order valence-corrected chi connectivity index (χ2v) is 5.46. The molecule has 1 aromatic heterocycles. The summed E-state index contributed by atoms with van der Waals surface area (Å²) in [6.07, 6.45) is 4.31. The quantitative estimate of drug-likeness (QED) is 0.930. The largest absolute Gasteiger partial charge is 0.306 e. The van der Waals surface area contributed by atoms with Gasteiger partial charge in [0.15, 0.2) is 0 Å². The number of carbonyl (C=O) groups excluding carboxylic acids is 1. The number of aromatic nitrogens is 1. The molecule has 0 saturated carbocycles. The van der Waals surface area contributed by atoms with Gasteiger partial charge in [-0.15, -0.1) is 0 Å². The number of hydrogen-bond acceptors (Lipinski definition) is 3. The summed E-state index contributed by atoms with van der Waals surface area (Å²) < 4.78 is 27.2. The molecule has 122 valence electrons. The Balaban J connectivity index is 1.80. The molecule has 0 atom stereocenters. The molecule has 1 aliphatic rings. The molecule has 0 radical (unpaired) electrons. The Morgan fingerprint density at radius 3 is 2.54 bits per heavy atom. The van der Waals surface area contributed by atoms with Crippen LogP contribution in [0.5, 0.6) is 0 Å². The minimum absolute atomic E-state index is 0.220. The van der Waals surface area contributed by atoms with Crippen LogP contribution in [-0.2, 0) is 0 Å². The molecule has 0 unspecified atom stereocenters. The van der Waals surface area contributed by atoms with Crippen molar-refractivity contribution >= 4 is 23.5 Å². The standard InChI is InChI=1S/C18H15F2N3O/c1-11-7-8-21-10-13(11)12-5-6-16(22-9-12)23-18(24)17-14(19)3-2-4-15(17)20/h2-6,9-10H,7-8H2,1H3,(H,22,23,24). The highest BCUT2D eigenvalue weighted by Gasteiger charge is 2.17. The molecule has 2 aromatic rings. The fourth-order valence-electron chi connectivity index (χ4n) is 2.47.